The Kier molecular flexibility index (Phi) is 4.33. The summed E-state index contributed by atoms with van der Waals surface area (Å²) in [5.74, 6) is -0.937. The van der Waals surface area contributed by atoms with Gasteiger partial charge in [0.05, 0.1) is 18.6 Å². The first-order valence-corrected chi connectivity index (χ1v) is 5.86. The second kappa shape index (κ2) is 5.15. The smallest absolute Gasteiger partial charge is 0.305 e. The minimum absolute atomic E-state index is 0.0569. The Balaban J connectivity index is 2.58. The molecule has 1 N–H and O–H groups in total. The van der Waals surface area contributed by atoms with E-state index >= 15 is 0 Å². The van der Waals surface area contributed by atoms with E-state index in [1.807, 2.05) is 13.8 Å². The normalized spacial score (nSPS) is 29.3. The van der Waals surface area contributed by atoms with Crippen LogP contribution in [-0.2, 0) is 14.3 Å². The monoisotopic (exact) mass is 230 g/mol. The summed E-state index contributed by atoms with van der Waals surface area (Å²) in [6.45, 7) is 7.96. The molecule has 0 aliphatic carbocycles. The third-order valence-electron chi connectivity index (χ3n) is 2.56. The maximum Gasteiger partial charge on any atom is 0.305 e. The van der Waals surface area contributed by atoms with Gasteiger partial charge in [0.25, 0.3) is 0 Å². The maximum absolute atomic E-state index is 10.7. The van der Waals surface area contributed by atoms with E-state index in [2.05, 4.69) is 13.8 Å². The molecule has 1 saturated heterocycles. The molecular formula is C12H22O4. The van der Waals surface area contributed by atoms with Crippen LogP contribution in [-0.4, -0.2) is 29.1 Å². The lowest BCUT2D eigenvalue weighted by Crippen LogP contribution is -2.45. The molecule has 0 bridgehead atoms. The van der Waals surface area contributed by atoms with E-state index in [4.69, 9.17) is 14.6 Å². The molecule has 4 nitrogen and oxygen atoms in total. The van der Waals surface area contributed by atoms with Crippen molar-refractivity contribution in [1.82, 2.24) is 0 Å². The van der Waals surface area contributed by atoms with Gasteiger partial charge in [-0.3, -0.25) is 4.79 Å². The van der Waals surface area contributed by atoms with Gasteiger partial charge < -0.3 is 14.6 Å². The molecule has 16 heavy (non-hydrogen) atoms. The van der Waals surface area contributed by atoms with Gasteiger partial charge in [-0.25, -0.2) is 0 Å². The van der Waals surface area contributed by atoms with Crippen molar-refractivity contribution in [3.8, 4) is 0 Å². The molecule has 2 unspecified atom stereocenters. The van der Waals surface area contributed by atoms with Crippen LogP contribution >= 0.6 is 0 Å². The first-order chi connectivity index (χ1) is 7.28. The SMILES string of the molecule is CC(C)CC1CC(CC(=O)O)OC(C)(C)O1. The quantitative estimate of drug-likeness (QED) is 0.805. The highest BCUT2D eigenvalue weighted by molar-refractivity contribution is 5.67. The van der Waals surface area contributed by atoms with Crippen molar-refractivity contribution in [1.29, 1.82) is 0 Å². The highest BCUT2D eigenvalue weighted by Gasteiger charge is 2.36. The van der Waals surface area contributed by atoms with Crippen molar-refractivity contribution in [2.24, 2.45) is 5.92 Å². The van der Waals surface area contributed by atoms with Crippen molar-refractivity contribution in [2.45, 2.75) is 65.0 Å². The fourth-order valence-electron chi connectivity index (χ4n) is 2.21. The largest absolute Gasteiger partial charge is 0.481 e. The lowest BCUT2D eigenvalue weighted by Gasteiger charge is -2.41. The molecule has 4 heteroatoms. The summed E-state index contributed by atoms with van der Waals surface area (Å²) >= 11 is 0. The Morgan fingerprint density at radius 3 is 2.44 bits per heavy atom. The Morgan fingerprint density at radius 2 is 1.94 bits per heavy atom. The molecule has 1 aliphatic rings. The van der Waals surface area contributed by atoms with E-state index < -0.39 is 11.8 Å². The molecule has 1 fully saturated rings. The molecule has 0 aromatic carbocycles. The number of hydrogen-bond acceptors (Lipinski definition) is 3. The number of hydrogen-bond donors (Lipinski definition) is 1. The fourth-order valence-corrected chi connectivity index (χ4v) is 2.21. The third-order valence-corrected chi connectivity index (χ3v) is 2.56. The van der Waals surface area contributed by atoms with Gasteiger partial charge in [-0.15, -0.1) is 0 Å². The topological polar surface area (TPSA) is 55.8 Å². The van der Waals surface area contributed by atoms with Gasteiger partial charge in [0.15, 0.2) is 5.79 Å². The molecular weight excluding hydrogens is 208 g/mol. The van der Waals surface area contributed by atoms with Gasteiger partial charge in [0.2, 0.25) is 0 Å². The van der Waals surface area contributed by atoms with Crippen molar-refractivity contribution < 1.29 is 19.4 Å². The Morgan fingerprint density at radius 1 is 1.38 bits per heavy atom. The number of ether oxygens (including phenoxy) is 2. The first kappa shape index (κ1) is 13.5. The number of rotatable bonds is 4. The highest BCUT2D eigenvalue weighted by Crippen LogP contribution is 2.31. The summed E-state index contributed by atoms with van der Waals surface area (Å²) in [5.41, 5.74) is 0. The van der Waals surface area contributed by atoms with Crippen molar-refractivity contribution >= 4 is 5.97 Å². The van der Waals surface area contributed by atoms with Crippen LogP contribution in [0, 0.1) is 5.92 Å². The molecule has 0 aromatic rings. The molecule has 1 heterocycles. The highest BCUT2D eigenvalue weighted by atomic mass is 16.7. The predicted octanol–water partition coefficient (Wildman–Crippen LogP) is 2.42. The maximum atomic E-state index is 10.7. The average Bonchev–Trinajstić information content (AvgIpc) is 1.95. The molecule has 0 radical (unpaired) electrons. The average molecular weight is 230 g/mol. The molecule has 2 atom stereocenters. The zero-order chi connectivity index (χ0) is 12.3. The van der Waals surface area contributed by atoms with Crippen LogP contribution in [0.2, 0.25) is 0 Å². The fraction of sp³-hybridized carbons (Fsp3) is 0.917. The number of carbonyl (C=O) groups is 1. The number of carboxylic acid groups (broad SMARTS) is 1. The van der Waals surface area contributed by atoms with Crippen LogP contribution in [0.25, 0.3) is 0 Å². The van der Waals surface area contributed by atoms with E-state index in [9.17, 15) is 4.79 Å². The van der Waals surface area contributed by atoms with E-state index in [1.54, 1.807) is 0 Å². The molecule has 0 aromatic heterocycles. The molecule has 0 amide bonds. The van der Waals surface area contributed by atoms with Crippen LogP contribution in [0.3, 0.4) is 0 Å². The second-order valence-corrected chi connectivity index (χ2v) is 5.34. The summed E-state index contributed by atoms with van der Waals surface area (Å²) in [6, 6.07) is 0. The van der Waals surface area contributed by atoms with Gasteiger partial charge in [0.1, 0.15) is 0 Å². The summed E-state index contributed by atoms with van der Waals surface area (Å²) in [5, 5.41) is 8.78. The van der Waals surface area contributed by atoms with Gasteiger partial charge in [-0.05, 0) is 26.2 Å². The minimum atomic E-state index is -0.814. The number of carboxylic acids is 1. The van der Waals surface area contributed by atoms with Crippen LogP contribution in [0.1, 0.15) is 47.0 Å². The van der Waals surface area contributed by atoms with Gasteiger partial charge in [-0.1, -0.05) is 13.8 Å². The molecule has 1 aliphatic heterocycles. The van der Waals surface area contributed by atoms with Gasteiger partial charge in [0, 0.05) is 6.42 Å². The molecule has 0 saturated carbocycles. The van der Waals surface area contributed by atoms with Crippen LogP contribution < -0.4 is 0 Å². The summed E-state index contributed by atoms with van der Waals surface area (Å²) in [7, 11) is 0. The van der Waals surface area contributed by atoms with Gasteiger partial charge >= 0.3 is 5.97 Å². The van der Waals surface area contributed by atoms with Crippen LogP contribution in [0.4, 0.5) is 0 Å². The molecule has 1 rings (SSSR count). The van der Waals surface area contributed by atoms with E-state index in [0.717, 1.165) is 6.42 Å². The van der Waals surface area contributed by atoms with Crippen LogP contribution in [0.5, 0.6) is 0 Å². The second-order valence-electron chi connectivity index (χ2n) is 5.34. The van der Waals surface area contributed by atoms with Crippen molar-refractivity contribution in [2.75, 3.05) is 0 Å². The van der Waals surface area contributed by atoms with Crippen LogP contribution in [0.15, 0.2) is 0 Å². The standard InChI is InChI=1S/C12H22O4/c1-8(2)5-9-6-10(7-11(13)14)16-12(3,4)15-9/h8-10H,5-7H2,1-4H3,(H,13,14). The third kappa shape index (κ3) is 4.49. The Hall–Kier alpha value is -0.610. The van der Waals surface area contributed by atoms with E-state index in [0.29, 0.717) is 12.3 Å². The lowest BCUT2D eigenvalue weighted by atomic mass is 9.98. The Labute approximate surface area is 96.9 Å². The summed E-state index contributed by atoms with van der Waals surface area (Å²) in [4.78, 5) is 10.7. The summed E-state index contributed by atoms with van der Waals surface area (Å²) < 4.78 is 11.4. The van der Waals surface area contributed by atoms with E-state index in [1.165, 1.54) is 0 Å². The van der Waals surface area contributed by atoms with Gasteiger partial charge in [-0.2, -0.15) is 0 Å². The Bertz CT molecular complexity index is 247. The summed E-state index contributed by atoms with van der Waals surface area (Å²) in [6.07, 6.45) is 1.55. The molecule has 0 spiro atoms. The predicted molar refractivity (Wildman–Crippen MR) is 60.1 cm³/mol. The zero-order valence-corrected chi connectivity index (χ0v) is 10.5. The molecule has 94 valence electrons. The zero-order valence-electron chi connectivity index (χ0n) is 10.5. The lowest BCUT2D eigenvalue weighted by molar-refractivity contribution is -0.301. The van der Waals surface area contributed by atoms with Crippen molar-refractivity contribution in [3.63, 3.8) is 0 Å². The number of aliphatic carboxylic acids is 1. The van der Waals surface area contributed by atoms with Crippen molar-refractivity contribution in [3.05, 3.63) is 0 Å². The van der Waals surface area contributed by atoms with E-state index in [-0.39, 0.29) is 18.6 Å². The minimum Gasteiger partial charge on any atom is -0.481 e. The first-order valence-electron chi connectivity index (χ1n) is 5.86.